The van der Waals surface area contributed by atoms with E-state index in [9.17, 15) is 0 Å². The molecule has 1 heterocycles. The summed E-state index contributed by atoms with van der Waals surface area (Å²) < 4.78 is 10.6. The molecule has 0 radical (unpaired) electrons. The molecule has 5 nitrogen and oxygen atoms in total. The minimum absolute atomic E-state index is 0.0594. The molecule has 0 bridgehead atoms. The molecule has 1 atom stereocenters. The highest BCUT2D eigenvalue weighted by Gasteiger charge is 2.09. The van der Waals surface area contributed by atoms with Gasteiger partial charge in [0, 0.05) is 12.5 Å². The highest BCUT2D eigenvalue weighted by molar-refractivity contribution is 6.32. The molecule has 2 aromatic rings. The first-order chi connectivity index (χ1) is 9.10. The molecule has 0 aliphatic heterocycles. The summed E-state index contributed by atoms with van der Waals surface area (Å²) in [4.78, 5) is 4.15. The Labute approximate surface area is 116 Å². The predicted octanol–water partition coefficient (Wildman–Crippen LogP) is 2.88. The molecule has 2 N–H and O–H groups in total. The fourth-order valence-electron chi connectivity index (χ4n) is 1.55. The van der Waals surface area contributed by atoms with E-state index < -0.39 is 0 Å². The maximum absolute atomic E-state index is 6.13. The molecule has 0 amide bonds. The predicted molar refractivity (Wildman–Crippen MR) is 72.1 cm³/mol. The van der Waals surface area contributed by atoms with E-state index >= 15 is 0 Å². The second kappa shape index (κ2) is 6.04. The van der Waals surface area contributed by atoms with E-state index in [0.717, 1.165) is 5.56 Å². The third kappa shape index (κ3) is 3.45. The lowest BCUT2D eigenvalue weighted by atomic mass is 10.1. The lowest BCUT2D eigenvalue weighted by Gasteiger charge is -2.10. The standard InChI is InChI=1S/C13H16ClN3O2/c1-3-13-16-12(17-19-13)7-18-11-5-4-9(8(2)15)6-10(11)14/h4-6,8H,3,7,15H2,1-2H3. The first-order valence-corrected chi connectivity index (χ1v) is 6.47. The van der Waals surface area contributed by atoms with Crippen molar-refractivity contribution in [3.63, 3.8) is 0 Å². The maximum Gasteiger partial charge on any atom is 0.226 e. The summed E-state index contributed by atoms with van der Waals surface area (Å²) in [6, 6.07) is 5.42. The minimum atomic E-state index is -0.0594. The molecule has 1 aromatic heterocycles. The molecular formula is C13H16ClN3O2. The molecule has 0 fully saturated rings. The van der Waals surface area contributed by atoms with Crippen molar-refractivity contribution in [3.05, 3.63) is 40.5 Å². The Kier molecular flexibility index (Phi) is 4.39. The molecule has 0 saturated heterocycles. The van der Waals surface area contributed by atoms with Gasteiger partial charge in [-0.05, 0) is 24.6 Å². The average molecular weight is 282 g/mol. The van der Waals surface area contributed by atoms with E-state index in [0.29, 0.717) is 28.9 Å². The van der Waals surface area contributed by atoms with Crippen LogP contribution in [0.5, 0.6) is 5.75 Å². The fourth-order valence-corrected chi connectivity index (χ4v) is 1.80. The van der Waals surface area contributed by atoms with Crippen molar-refractivity contribution in [1.82, 2.24) is 10.1 Å². The third-order valence-corrected chi connectivity index (χ3v) is 2.95. The van der Waals surface area contributed by atoms with Gasteiger partial charge < -0.3 is 15.0 Å². The van der Waals surface area contributed by atoms with Crippen molar-refractivity contribution in [2.24, 2.45) is 5.73 Å². The lowest BCUT2D eigenvalue weighted by molar-refractivity contribution is 0.285. The van der Waals surface area contributed by atoms with E-state index in [-0.39, 0.29) is 12.6 Å². The fraction of sp³-hybridized carbons (Fsp3) is 0.385. The van der Waals surface area contributed by atoms with Crippen molar-refractivity contribution in [1.29, 1.82) is 0 Å². The van der Waals surface area contributed by atoms with Crippen molar-refractivity contribution < 1.29 is 9.26 Å². The third-order valence-electron chi connectivity index (χ3n) is 2.65. The smallest absolute Gasteiger partial charge is 0.226 e. The van der Waals surface area contributed by atoms with Crippen molar-refractivity contribution in [2.45, 2.75) is 32.9 Å². The highest BCUT2D eigenvalue weighted by Crippen LogP contribution is 2.27. The van der Waals surface area contributed by atoms with Crippen LogP contribution < -0.4 is 10.5 Å². The van der Waals surface area contributed by atoms with Crippen LogP contribution in [0.15, 0.2) is 22.7 Å². The van der Waals surface area contributed by atoms with Crippen molar-refractivity contribution in [2.75, 3.05) is 0 Å². The van der Waals surface area contributed by atoms with Gasteiger partial charge in [-0.3, -0.25) is 0 Å². The first kappa shape index (κ1) is 13.8. The van der Waals surface area contributed by atoms with Gasteiger partial charge in [0.2, 0.25) is 11.7 Å². The topological polar surface area (TPSA) is 74.2 Å². The number of aromatic nitrogens is 2. The van der Waals surface area contributed by atoms with Gasteiger partial charge in [0.05, 0.1) is 5.02 Å². The number of rotatable bonds is 5. The number of nitrogens with two attached hydrogens (primary N) is 1. The van der Waals surface area contributed by atoms with Gasteiger partial charge in [0.1, 0.15) is 5.75 Å². The zero-order chi connectivity index (χ0) is 13.8. The van der Waals surface area contributed by atoms with Crippen LogP contribution in [0.2, 0.25) is 5.02 Å². The van der Waals surface area contributed by atoms with Crippen LogP contribution in [0.4, 0.5) is 0 Å². The molecule has 102 valence electrons. The Hall–Kier alpha value is -1.59. The summed E-state index contributed by atoms with van der Waals surface area (Å²) in [5, 5.41) is 4.33. The summed E-state index contributed by atoms with van der Waals surface area (Å²) in [5.41, 5.74) is 6.75. The molecule has 0 aliphatic carbocycles. The SMILES string of the molecule is CCc1nc(COc2ccc(C(C)N)cc2Cl)no1. The van der Waals surface area contributed by atoms with Crippen molar-refractivity contribution >= 4 is 11.6 Å². The summed E-state index contributed by atoms with van der Waals surface area (Å²) >= 11 is 6.13. The van der Waals surface area contributed by atoms with Gasteiger partial charge in [0.25, 0.3) is 0 Å². The molecule has 0 aliphatic rings. The van der Waals surface area contributed by atoms with Gasteiger partial charge in [-0.1, -0.05) is 29.7 Å². The number of ether oxygens (including phenoxy) is 1. The second-order valence-electron chi connectivity index (χ2n) is 4.23. The quantitative estimate of drug-likeness (QED) is 0.912. The van der Waals surface area contributed by atoms with Crippen LogP contribution in [-0.2, 0) is 13.0 Å². The van der Waals surface area contributed by atoms with E-state index in [1.165, 1.54) is 0 Å². The van der Waals surface area contributed by atoms with Crippen LogP contribution in [0, 0.1) is 0 Å². The van der Waals surface area contributed by atoms with Crippen LogP contribution in [0.3, 0.4) is 0 Å². The molecule has 2 rings (SSSR count). The van der Waals surface area contributed by atoms with E-state index in [1.807, 2.05) is 19.9 Å². The van der Waals surface area contributed by atoms with Gasteiger partial charge >= 0.3 is 0 Å². The van der Waals surface area contributed by atoms with Gasteiger partial charge in [-0.15, -0.1) is 0 Å². The van der Waals surface area contributed by atoms with Crippen LogP contribution >= 0.6 is 11.6 Å². The highest BCUT2D eigenvalue weighted by atomic mass is 35.5. The van der Waals surface area contributed by atoms with Crippen LogP contribution in [0.25, 0.3) is 0 Å². The van der Waals surface area contributed by atoms with Gasteiger partial charge in [-0.25, -0.2) is 0 Å². The number of halogens is 1. The zero-order valence-corrected chi connectivity index (χ0v) is 11.6. The second-order valence-corrected chi connectivity index (χ2v) is 4.63. The Morgan fingerprint density at radius 1 is 1.47 bits per heavy atom. The number of benzene rings is 1. The number of nitrogens with zero attached hydrogens (tertiary/aromatic N) is 2. The molecular weight excluding hydrogens is 266 g/mol. The normalized spacial score (nSPS) is 12.4. The van der Waals surface area contributed by atoms with Crippen LogP contribution in [-0.4, -0.2) is 10.1 Å². The Morgan fingerprint density at radius 2 is 2.26 bits per heavy atom. The minimum Gasteiger partial charge on any atom is -0.484 e. The van der Waals surface area contributed by atoms with E-state index in [2.05, 4.69) is 10.1 Å². The summed E-state index contributed by atoms with van der Waals surface area (Å²) in [6.45, 7) is 4.07. The average Bonchev–Trinajstić information content (AvgIpc) is 2.85. The molecule has 19 heavy (non-hydrogen) atoms. The maximum atomic E-state index is 6.13. The number of hydrogen-bond acceptors (Lipinski definition) is 5. The molecule has 0 saturated carbocycles. The Bertz CT molecular complexity index is 555. The Morgan fingerprint density at radius 3 is 2.84 bits per heavy atom. The molecule has 6 heteroatoms. The van der Waals surface area contributed by atoms with E-state index in [4.69, 9.17) is 26.6 Å². The molecule has 1 aromatic carbocycles. The zero-order valence-electron chi connectivity index (χ0n) is 10.9. The number of aryl methyl sites for hydroxylation is 1. The van der Waals surface area contributed by atoms with Gasteiger partial charge in [0.15, 0.2) is 6.61 Å². The molecule has 1 unspecified atom stereocenters. The summed E-state index contributed by atoms with van der Waals surface area (Å²) in [5.74, 6) is 1.68. The Balaban J connectivity index is 2.03. The molecule has 0 spiro atoms. The van der Waals surface area contributed by atoms with E-state index in [1.54, 1.807) is 12.1 Å². The van der Waals surface area contributed by atoms with Crippen LogP contribution in [0.1, 0.15) is 37.2 Å². The first-order valence-electron chi connectivity index (χ1n) is 6.09. The monoisotopic (exact) mass is 281 g/mol. The van der Waals surface area contributed by atoms with Gasteiger partial charge in [-0.2, -0.15) is 4.98 Å². The summed E-state index contributed by atoms with van der Waals surface area (Å²) in [6.07, 6.45) is 0.705. The largest absolute Gasteiger partial charge is 0.484 e. The lowest BCUT2D eigenvalue weighted by Crippen LogP contribution is -2.05. The summed E-state index contributed by atoms with van der Waals surface area (Å²) in [7, 11) is 0. The van der Waals surface area contributed by atoms with Crippen molar-refractivity contribution in [3.8, 4) is 5.75 Å². The number of hydrogen-bond donors (Lipinski definition) is 1.